The molecule has 0 amide bonds. The Morgan fingerprint density at radius 2 is 1.92 bits per heavy atom. The molecule has 12 heavy (non-hydrogen) atoms. The molecule has 0 saturated heterocycles. The van der Waals surface area contributed by atoms with Crippen molar-refractivity contribution in [1.29, 1.82) is 0 Å². The monoisotopic (exact) mass is 207 g/mol. The van der Waals surface area contributed by atoms with Gasteiger partial charge in [-0.2, -0.15) is 0 Å². The van der Waals surface area contributed by atoms with Crippen LogP contribution in [-0.2, 0) is 0 Å². The Bertz CT molecular complexity index is 173. The minimum Gasteiger partial charge on any atom is -0.309 e. The van der Waals surface area contributed by atoms with Crippen molar-refractivity contribution in [3.8, 4) is 0 Å². The highest BCUT2D eigenvalue weighted by molar-refractivity contribution is 6.25. The number of hydrogen-bond acceptors (Lipinski definition) is 1. The molecule has 0 aliphatic carbocycles. The molecule has 0 aliphatic heterocycles. The highest BCUT2D eigenvalue weighted by Gasteiger charge is 2.21. The normalized spacial score (nSPS) is 13.8. The minimum atomic E-state index is -0.851. The Labute approximate surface area is 85.4 Å². The summed E-state index contributed by atoms with van der Waals surface area (Å²) in [6.07, 6.45) is 4.59. The van der Waals surface area contributed by atoms with Crippen molar-refractivity contribution in [2.45, 2.75) is 17.8 Å². The van der Waals surface area contributed by atoms with Crippen LogP contribution >= 0.6 is 24.0 Å². The van der Waals surface area contributed by atoms with Crippen LogP contribution in [0.3, 0.4) is 0 Å². The van der Waals surface area contributed by atoms with Crippen molar-refractivity contribution >= 4 is 24.0 Å². The molecule has 70 valence electrons. The van der Waals surface area contributed by atoms with Gasteiger partial charge in [-0.3, -0.25) is 0 Å². The van der Waals surface area contributed by atoms with Crippen molar-refractivity contribution in [3.63, 3.8) is 0 Å². The first kappa shape index (κ1) is 14.3. The van der Waals surface area contributed by atoms with Crippen LogP contribution in [0.5, 0.6) is 0 Å². The van der Waals surface area contributed by atoms with E-state index in [4.69, 9.17) is 17.3 Å². The van der Waals surface area contributed by atoms with Gasteiger partial charge in [0, 0.05) is 6.42 Å². The zero-order valence-corrected chi connectivity index (χ0v) is 8.63. The van der Waals surface area contributed by atoms with Gasteiger partial charge in [-0.05, 0) is 12.0 Å². The Morgan fingerprint density at radius 3 is 2.25 bits per heavy atom. The molecule has 2 N–H and O–H groups in total. The second kappa shape index (κ2) is 6.30. The fraction of sp³-hybridized carbons (Fsp3) is 0.333. The Morgan fingerprint density at radius 1 is 1.42 bits per heavy atom. The second-order valence-corrected chi connectivity index (χ2v) is 3.13. The number of halogens is 2. The first-order valence-corrected chi connectivity index (χ1v) is 3.80. The first-order chi connectivity index (χ1) is 5.04. The molecule has 0 fully saturated rings. The van der Waals surface area contributed by atoms with Crippen LogP contribution in [0.25, 0.3) is 0 Å². The van der Waals surface area contributed by atoms with E-state index in [0.29, 0.717) is 12.8 Å². The van der Waals surface area contributed by atoms with Crippen LogP contribution in [0.4, 0.5) is 0 Å². The van der Waals surface area contributed by atoms with Crippen LogP contribution in [0.2, 0.25) is 0 Å². The zero-order chi connectivity index (χ0) is 8.91. The van der Waals surface area contributed by atoms with Crippen LogP contribution in [-0.4, -0.2) is 5.00 Å². The van der Waals surface area contributed by atoms with Crippen LogP contribution < -0.4 is 5.73 Å². The van der Waals surface area contributed by atoms with E-state index in [1.807, 2.05) is 0 Å². The Balaban J connectivity index is 0. The van der Waals surface area contributed by atoms with Crippen molar-refractivity contribution in [1.82, 2.24) is 0 Å². The summed E-state index contributed by atoms with van der Waals surface area (Å²) < 4.78 is 0. The van der Waals surface area contributed by atoms with Crippen molar-refractivity contribution < 1.29 is 0 Å². The summed E-state index contributed by atoms with van der Waals surface area (Å²) in [5, 5.41) is 0. The fourth-order valence-electron chi connectivity index (χ4n) is 0.698. The number of nitrogens with two attached hydrogens (primary N) is 1. The van der Waals surface area contributed by atoms with Gasteiger partial charge >= 0.3 is 0 Å². The van der Waals surface area contributed by atoms with Gasteiger partial charge in [0.25, 0.3) is 0 Å². The molecule has 0 aromatic rings. The third kappa shape index (κ3) is 4.60. The van der Waals surface area contributed by atoms with E-state index >= 15 is 0 Å². The lowest BCUT2D eigenvalue weighted by Gasteiger charge is -2.21. The van der Waals surface area contributed by atoms with E-state index in [1.165, 1.54) is 0 Å². The summed E-state index contributed by atoms with van der Waals surface area (Å²) in [5.41, 5.74) is 6.48. The Hall–Kier alpha value is -0.240. The minimum absolute atomic E-state index is 0. The number of hydrogen-bond donors (Lipinski definition) is 1. The fourth-order valence-corrected chi connectivity index (χ4v) is 0.885. The predicted octanol–water partition coefficient (Wildman–Crippen LogP) is 3.01. The molecular formula is C9H15Cl2N. The lowest BCUT2D eigenvalue weighted by molar-refractivity contribution is 0.692. The maximum absolute atomic E-state index is 5.92. The smallest absolute Gasteiger partial charge is 0.116 e. The quantitative estimate of drug-likeness (QED) is 0.419. The highest BCUT2D eigenvalue weighted by atomic mass is 35.5. The summed E-state index contributed by atoms with van der Waals surface area (Å²) in [6.45, 7) is 10.9. The molecule has 1 nitrogen and oxygen atoms in total. The lowest BCUT2D eigenvalue weighted by atomic mass is 10.0. The van der Waals surface area contributed by atoms with Gasteiger partial charge in [0.1, 0.15) is 5.00 Å². The van der Waals surface area contributed by atoms with Gasteiger partial charge in [0.05, 0.1) is 0 Å². The molecule has 0 aromatic carbocycles. The molecule has 0 aromatic heterocycles. The number of alkyl halides is 1. The average molecular weight is 208 g/mol. The number of rotatable bonds is 5. The van der Waals surface area contributed by atoms with Gasteiger partial charge in [-0.25, -0.2) is 0 Å². The van der Waals surface area contributed by atoms with Crippen molar-refractivity contribution in [2.24, 2.45) is 5.73 Å². The highest BCUT2D eigenvalue weighted by Crippen LogP contribution is 2.24. The van der Waals surface area contributed by atoms with E-state index in [1.54, 1.807) is 12.2 Å². The third-order valence-electron chi connectivity index (χ3n) is 1.42. The van der Waals surface area contributed by atoms with Gasteiger partial charge in [0.15, 0.2) is 0 Å². The van der Waals surface area contributed by atoms with Gasteiger partial charge in [-0.15, -0.1) is 25.6 Å². The van der Waals surface area contributed by atoms with E-state index in [2.05, 4.69) is 19.7 Å². The van der Waals surface area contributed by atoms with E-state index in [9.17, 15) is 0 Å². The van der Waals surface area contributed by atoms with Crippen LogP contribution in [0, 0.1) is 0 Å². The van der Waals surface area contributed by atoms with Crippen LogP contribution in [0.15, 0.2) is 37.5 Å². The Kier molecular flexibility index (Phi) is 7.50. The summed E-state index contributed by atoms with van der Waals surface area (Å²) >= 11 is 5.92. The van der Waals surface area contributed by atoms with Crippen molar-refractivity contribution in [2.75, 3.05) is 0 Å². The molecule has 0 radical (unpaired) electrons. The van der Waals surface area contributed by atoms with Gasteiger partial charge < -0.3 is 5.73 Å². The first-order valence-electron chi connectivity index (χ1n) is 3.42. The molecule has 0 heterocycles. The summed E-state index contributed by atoms with van der Waals surface area (Å²) in [6, 6.07) is 0. The SMILES string of the molecule is C=CCC(=C)C(N)(Cl)CC=C.Cl. The van der Waals surface area contributed by atoms with E-state index in [-0.39, 0.29) is 12.4 Å². The summed E-state index contributed by atoms with van der Waals surface area (Å²) in [4.78, 5) is -0.851. The molecule has 1 atom stereocenters. The topological polar surface area (TPSA) is 26.0 Å². The molecule has 0 aliphatic rings. The van der Waals surface area contributed by atoms with E-state index < -0.39 is 5.00 Å². The third-order valence-corrected chi connectivity index (χ3v) is 1.84. The van der Waals surface area contributed by atoms with Crippen molar-refractivity contribution in [3.05, 3.63) is 37.5 Å². The second-order valence-electron chi connectivity index (χ2n) is 2.45. The van der Waals surface area contributed by atoms with Gasteiger partial charge in [0.2, 0.25) is 0 Å². The molecule has 0 saturated carbocycles. The van der Waals surface area contributed by atoms with E-state index in [0.717, 1.165) is 5.57 Å². The predicted molar refractivity (Wildman–Crippen MR) is 58.8 cm³/mol. The zero-order valence-electron chi connectivity index (χ0n) is 7.05. The molecular weight excluding hydrogens is 193 g/mol. The summed E-state index contributed by atoms with van der Waals surface area (Å²) in [5.74, 6) is 0. The number of allylic oxidation sites excluding steroid dienone is 1. The maximum Gasteiger partial charge on any atom is 0.116 e. The molecule has 1 unspecified atom stereocenters. The molecule has 0 spiro atoms. The summed E-state index contributed by atoms with van der Waals surface area (Å²) in [7, 11) is 0. The van der Waals surface area contributed by atoms with Crippen LogP contribution in [0.1, 0.15) is 12.8 Å². The lowest BCUT2D eigenvalue weighted by Crippen LogP contribution is -2.34. The molecule has 0 rings (SSSR count). The standard InChI is InChI=1S/C9H14ClN.ClH/c1-4-6-8(3)9(10,11)7-5-2;/h4-5H,1-3,6-7,11H2;1H. The van der Waals surface area contributed by atoms with Gasteiger partial charge in [-0.1, -0.05) is 30.3 Å². The average Bonchev–Trinajstić information content (AvgIpc) is 1.88. The maximum atomic E-state index is 5.92. The molecule has 0 bridgehead atoms. The molecule has 3 heteroatoms. The largest absolute Gasteiger partial charge is 0.309 e.